The standard InChI is InChI=1S/C15H13FN4O2/c1-9-18-12-4-2-3-5-14(12)20(9)8-13-11(16)6-10(7-17-13)15(21)19-22/h2-7,22H,8H2,1H3,(H,19,21). The van der Waals surface area contributed by atoms with Gasteiger partial charge in [-0.15, -0.1) is 0 Å². The molecule has 0 unspecified atom stereocenters. The molecule has 0 saturated carbocycles. The number of carbonyl (C=O) groups is 1. The fourth-order valence-corrected chi connectivity index (χ4v) is 2.32. The number of hydrogen-bond donors (Lipinski definition) is 2. The van der Waals surface area contributed by atoms with Crippen LogP contribution in [0, 0.1) is 12.7 Å². The topological polar surface area (TPSA) is 80.0 Å². The first-order valence-corrected chi connectivity index (χ1v) is 6.61. The molecule has 0 saturated heterocycles. The quantitative estimate of drug-likeness (QED) is 0.573. The molecule has 2 heterocycles. The Labute approximate surface area is 125 Å². The molecule has 0 aliphatic carbocycles. The number of para-hydroxylation sites is 2. The number of hydrogen-bond acceptors (Lipinski definition) is 4. The summed E-state index contributed by atoms with van der Waals surface area (Å²) in [6.45, 7) is 2.05. The number of carbonyl (C=O) groups excluding carboxylic acids is 1. The lowest BCUT2D eigenvalue weighted by Gasteiger charge is -2.08. The van der Waals surface area contributed by atoms with E-state index >= 15 is 0 Å². The number of rotatable bonds is 3. The van der Waals surface area contributed by atoms with Crippen LogP contribution in [0.4, 0.5) is 4.39 Å². The van der Waals surface area contributed by atoms with Crippen LogP contribution in [0.2, 0.25) is 0 Å². The Hall–Kier alpha value is -2.80. The van der Waals surface area contributed by atoms with Crippen LogP contribution in [0.5, 0.6) is 0 Å². The largest absolute Gasteiger partial charge is 0.322 e. The molecule has 6 nitrogen and oxygen atoms in total. The van der Waals surface area contributed by atoms with Crippen molar-refractivity contribution >= 4 is 16.9 Å². The van der Waals surface area contributed by atoms with Gasteiger partial charge in [-0.25, -0.2) is 14.9 Å². The summed E-state index contributed by atoms with van der Waals surface area (Å²) in [5, 5.41) is 8.55. The van der Waals surface area contributed by atoms with Gasteiger partial charge in [-0.2, -0.15) is 0 Å². The number of pyridine rings is 1. The number of aryl methyl sites for hydroxylation is 1. The highest BCUT2D eigenvalue weighted by Crippen LogP contribution is 2.18. The van der Waals surface area contributed by atoms with Crippen molar-refractivity contribution in [2.45, 2.75) is 13.5 Å². The van der Waals surface area contributed by atoms with Crippen LogP contribution in [0.25, 0.3) is 11.0 Å². The Kier molecular flexibility index (Phi) is 3.56. The normalized spacial score (nSPS) is 10.9. The van der Waals surface area contributed by atoms with Gasteiger partial charge in [0.1, 0.15) is 11.6 Å². The highest BCUT2D eigenvalue weighted by molar-refractivity contribution is 5.93. The Morgan fingerprint density at radius 1 is 1.41 bits per heavy atom. The first kappa shape index (κ1) is 14.2. The lowest BCUT2D eigenvalue weighted by atomic mass is 10.2. The minimum Gasteiger partial charge on any atom is -0.322 e. The highest BCUT2D eigenvalue weighted by atomic mass is 19.1. The third-order valence-corrected chi connectivity index (χ3v) is 3.43. The third-order valence-electron chi connectivity index (χ3n) is 3.43. The second-order valence-corrected chi connectivity index (χ2v) is 4.83. The van der Waals surface area contributed by atoms with Gasteiger partial charge in [0.25, 0.3) is 5.91 Å². The molecular weight excluding hydrogens is 287 g/mol. The maximum Gasteiger partial charge on any atom is 0.276 e. The van der Waals surface area contributed by atoms with E-state index in [2.05, 4.69) is 9.97 Å². The van der Waals surface area contributed by atoms with E-state index in [-0.39, 0.29) is 17.8 Å². The number of hydroxylamine groups is 1. The Morgan fingerprint density at radius 2 is 2.18 bits per heavy atom. The fourth-order valence-electron chi connectivity index (χ4n) is 2.32. The molecule has 0 bridgehead atoms. The Morgan fingerprint density at radius 3 is 2.91 bits per heavy atom. The van der Waals surface area contributed by atoms with Crippen molar-refractivity contribution in [2.75, 3.05) is 0 Å². The minimum absolute atomic E-state index is 0.0454. The number of imidazole rings is 1. The number of halogens is 1. The molecule has 2 N–H and O–H groups in total. The second kappa shape index (κ2) is 5.53. The van der Waals surface area contributed by atoms with E-state index in [1.54, 1.807) is 0 Å². The molecule has 3 aromatic rings. The molecule has 22 heavy (non-hydrogen) atoms. The van der Waals surface area contributed by atoms with Crippen LogP contribution < -0.4 is 5.48 Å². The summed E-state index contributed by atoms with van der Waals surface area (Å²) in [6.07, 6.45) is 1.22. The molecule has 112 valence electrons. The number of nitrogens with zero attached hydrogens (tertiary/aromatic N) is 3. The van der Waals surface area contributed by atoms with Gasteiger partial charge in [-0.1, -0.05) is 12.1 Å². The molecule has 3 rings (SSSR count). The van der Waals surface area contributed by atoms with Gasteiger partial charge >= 0.3 is 0 Å². The Bertz CT molecular complexity index is 860. The molecule has 0 fully saturated rings. The number of aromatic nitrogens is 3. The number of nitrogens with one attached hydrogen (secondary N) is 1. The van der Waals surface area contributed by atoms with E-state index in [1.807, 2.05) is 35.8 Å². The molecule has 0 spiro atoms. The summed E-state index contributed by atoms with van der Waals surface area (Å²) in [5.41, 5.74) is 3.31. The zero-order valence-electron chi connectivity index (χ0n) is 11.7. The smallest absolute Gasteiger partial charge is 0.276 e. The molecule has 0 atom stereocenters. The van der Waals surface area contributed by atoms with Crippen molar-refractivity contribution in [3.8, 4) is 0 Å². The maximum atomic E-state index is 14.1. The van der Waals surface area contributed by atoms with Crippen molar-refractivity contribution in [1.82, 2.24) is 20.0 Å². The molecule has 0 aliphatic heterocycles. The van der Waals surface area contributed by atoms with Gasteiger partial charge in [0.15, 0.2) is 0 Å². The predicted octanol–water partition coefficient (Wildman–Crippen LogP) is 2.05. The van der Waals surface area contributed by atoms with Gasteiger partial charge in [-0.05, 0) is 25.1 Å². The minimum atomic E-state index is -0.804. The van der Waals surface area contributed by atoms with E-state index < -0.39 is 11.7 Å². The molecule has 0 radical (unpaired) electrons. The van der Waals surface area contributed by atoms with E-state index in [1.165, 1.54) is 11.7 Å². The number of fused-ring (bicyclic) bond motifs is 1. The van der Waals surface area contributed by atoms with Crippen molar-refractivity contribution in [3.63, 3.8) is 0 Å². The molecule has 0 aliphatic rings. The van der Waals surface area contributed by atoms with Crippen molar-refractivity contribution in [3.05, 3.63) is 59.4 Å². The molecular formula is C15H13FN4O2. The monoisotopic (exact) mass is 300 g/mol. The fraction of sp³-hybridized carbons (Fsp3) is 0.133. The highest BCUT2D eigenvalue weighted by Gasteiger charge is 2.13. The summed E-state index contributed by atoms with van der Waals surface area (Å²) in [5.74, 6) is -0.667. The zero-order valence-corrected chi connectivity index (χ0v) is 11.7. The first-order chi connectivity index (χ1) is 10.6. The van der Waals surface area contributed by atoms with Crippen molar-refractivity contribution in [1.29, 1.82) is 0 Å². The lowest BCUT2D eigenvalue weighted by molar-refractivity contribution is 0.0705. The molecule has 1 amide bonds. The van der Waals surface area contributed by atoms with Crippen LogP contribution in [-0.2, 0) is 6.54 Å². The van der Waals surface area contributed by atoms with Crippen molar-refractivity contribution < 1.29 is 14.4 Å². The average molecular weight is 300 g/mol. The van der Waals surface area contributed by atoms with Gasteiger partial charge < -0.3 is 4.57 Å². The van der Waals surface area contributed by atoms with E-state index in [4.69, 9.17) is 5.21 Å². The van der Waals surface area contributed by atoms with Gasteiger partial charge in [-0.3, -0.25) is 15.0 Å². The third kappa shape index (κ3) is 2.42. The average Bonchev–Trinajstić information content (AvgIpc) is 2.84. The van der Waals surface area contributed by atoms with E-state index in [0.29, 0.717) is 0 Å². The molecule has 2 aromatic heterocycles. The SMILES string of the molecule is Cc1nc2ccccc2n1Cc1ncc(C(=O)NO)cc1F. The zero-order chi connectivity index (χ0) is 15.7. The molecule has 1 aromatic carbocycles. The van der Waals surface area contributed by atoms with Gasteiger partial charge in [0.2, 0.25) is 0 Å². The Balaban J connectivity index is 1.98. The van der Waals surface area contributed by atoms with Crippen LogP contribution in [0.15, 0.2) is 36.5 Å². The van der Waals surface area contributed by atoms with Crippen LogP contribution >= 0.6 is 0 Å². The van der Waals surface area contributed by atoms with Gasteiger partial charge in [0.05, 0.1) is 28.8 Å². The first-order valence-electron chi connectivity index (χ1n) is 6.61. The van der Waals surface area contributed by atoms with Crippen LogP contribution in [0.3, 0.4) is 0 Å². The summed E-state index contributed by atoms with van der Waals surface area (Å²) in [6, 6.07) is 8.61. The predicted molar refractivity (Wildman–Crippen MR) is 77.0 cm³/mol. The number of benzene rings is 1. The summed E-state index contributed by atoms with van der Waals surface area (Å²) >= 11 is 0. The molecule has 7 heteroatoms. The lowest BCUT2D eigenvalue weighted by Crippen LogP contribution is -2.19. The summed E-state index contributed by atoms with van der Waals surface area (Å²) in [4.78, 5) is 19.6. The van der Waals surface area contributed by atoms with E-state index in [0.717, 1.165) is 22.9 Å². The van der Waals surface area contributed by atoms with E-state index in [9.17, 15) is 9.18 Å². The maximum absolute atomic E-state index is 14.1. The van der Waals surface area contributed by atoms with Crippen molar-refractivity contribution in [2.24, 2.45) is 0 Å². The van der Waals surface area contributed by atoms with Gasteiger partial charge in [0, 0.05) is 6.20 Å². The summed E-state index contributed by atoms with van der Waals surface area (Å²) < 4.78 is 16.0. The number of amides is 1. The second-order valence-electron chi connectivity index (χ2n) is 4.83. The van der Waals surface area contributed by atoms with Crippen LogP contribution in [-0.4, -0.2) is 25.6 Å². The summed E-state index contributed by atoms with van der Waals surface area (Å²) in [7, 11) is 0. The van der Waals surface area contributed by atoms with Crippen LogP contribution in [0.1, 0.15) is 21.9 Å².